The van der Waals surface area contributed by atoms with Gasteiger partial charge < -0.3 is 14.8 Å². The Morgan fingerprint density at radius 3 is 2.95 bits per heavy atom. The number of amides is 1. The van der Waals surface area contributed by atoms with Crippen molar-refractivity contribution in [3.63, 3.8) is 0 Å². The Morgan fingerprint density at radius 1 is 1.47 bits per heavy atom. The highest BCUT2D eigenvalue weighted by atomic mass is 19.3. The van der Waals surface area contributed by atoms with E-state index in [1.165, 1.54) is 0 Å². The Kier molecular flexibility index (Phi) is 4.06. The number of aliphatic hydroxyl groups excluding tert-OH is 1. The zero-order valence-corrected chi connectivity index (χ0v) is 9.96. The molecule has 102 valence electrons. The molecule has 5 nitrogen and oxygen atoms in total. The summed E-state index contributed by atoms with van der Waals surface area (Å²) in [4.78, 5) is 15.7. The van der Waals surface area contributed by atoms with E-state index in [0.717, 1.165) is 0 Å². The molecule has 0 fully saturated rings. The monoisotopic (exact) mass is 269 g/mol. The summed E-state index contributed by atoms with van der Waals surface area (Å²) >= 11 is 0. The summed E-state index contributed by atoms with van der Waals surface area (Å²) in [5, 5.41) is 11.1. The fourth-order valence-corrected chi connectivity index (χ4v) is 1.61. The van der Waals surface area contributed by atoms with Crippen LogP contribution >= 0.6 is 0 Å². The van der Waals surface area contributed by atoms with Crippen LogP contribution in [0.25, 0.3) is 5.65 Å². The molecular formula is C12H13F2N3O2. The lowest BCUT2D eigenvalue weighted by molar-refractivity contribution is -0.121. The van der Waals surface area contributed by atoms with Gasteiger partial charge in [-0.3, -0.25) is 4.79 Å². The van der Waals surface area contributed by atoms with E-state index in [0.29, 0.717) is 11.3 Å². The average Bonchev–Trinajstić information content (AvgIpc) is 2.77. The molecule has 2 aromatic heterocycles. The van der Waals surface area contributed by atoms with Crippen molar-refractivity contribution in [1.29, 1.82) is 0 Å². The van der Waals surface area contributed by atoms with Gasteiger partial charge in [-0.15, -0.1) is 0 Å². The largest absolute Gasteiger partial charge is 0.385 e. The van der Waals surface area contributed by atoms with Crippen molar-refractivity contribution >= 4 is 11.6 Å². The van der Waals surface area contributed by atoms with Crippen LogP contribution in [0.5, 0.6) is 0 Å². The zero-order chi connectivity index (χ0) is 13.8. The number of carbonyl (C=O) groups is 1. The summed E-state index contributed by atoms with van der Waals surface area (Å²) in [5.74, 6) is -0.455. The predicted octanol–water partition coefficient (Wildman–Crippen LogP) is 0.619. The molecule has 1 unspecified atom stereocenters. The van der Waals surface area contributed by atoms with Crippen LogP contribution in [-0.4, -0.2) is 39.5 Å². The van der Waals surface area contributed by atoms with Crippen LogP contribution in [0.2, 0.25) is 0 Å². The first kappa shape index (κ1) is 13.4. The first-order valence-electron chi connectivity index (χ1n) is 5.72. The number of rotatable bonds is 5. The van der Waals surface area contributed by atoms with Gasteiger partial charge in [0.2, 0.25) is 5.91 Å². The molecule has 1 amide bonds. The van der Waals surface area contributed by atoms with Gasteiger partial charge >= 0.3 is 0 Å². The van der Waals surface area contributed by atoms with Gasteiger partial charge in [-0.2, -0.15) is 0 Å². The van der Waals surface area contributed by atoms with Crippen molar-refractivity contribution < 1.29 is 18.7 Å². The molecule has 2 N–H and O–H groups in total. The summed E-state index contributed by atoms with van der Waals surface area (Å²) in [6.45, 7) is -0.468. The van der Waals surface area contributed by atoms with Crippen LogP contribution in [0.3, 0.4) is 0 Å². The first-order chi connectivity index (χ1) is 9.06. The van der Waals surface area contributed by atoms with E-state index in [2.05, 4.69) is 10.3 Å². The molecule has 0 saturated heterocycles. The molecule has 0 saturated carbocycles. The topological polar surface area (TPSA) is 66.6 Å². The van der Waals surface area contributed by atoms with E-state index >= 15 is 0 Å². The fourth-order valence-electron chi connectivity index (χ4n) is 1.61. The lowest BCUT2D eigenvalue weighted by Gasteiger charge is -2.09. The number of hydrogen-bond acceptors (Lipinski definition) is 3. The number of imidazole rings is 1. The SMILES string of the molecule is O=C(Cc1cn2ccccc2n1)NCC(O)C(F)F. The van der Waals surface area contributed by atoms with Crippen molar-refractivity contribution in [2.75, 3.05) is 6.54 Å². The van der Waals surface area contributed by atoms with E-state index < -0.39 is 25.0 Å². The van der Waals surface area contributed by atoms with Crippen LogP contribution in [0.15, 0.2) is 30.6 Å². The van der Waals surface area contributed by atoms with Crippen molar-refractivity contribution in [2.45, 2.75) is 19.0 Å². The van der Waals surface area contributed by atoms with E-state index in [1.807, 2.05) is 12.1 Å². The van der Waals surface area contributed by atoms with Crippen LogP contribution in [0.1, 0.15) is 5.69 Å². The second-order valence-corrected chi connectivity index (χ2v) is 4.08. The third-order valence-corrected chi connectivity index (χ3v) is 2.55. The summed E-state index contributed by atoms with van der Waals surface area (Å²) in [6.07, 6.45) is -1.24. The molecule has 7 heteroatoms. The van der Waals surface area contributed by atoms with Crippen molar-refractivity contribution in [3.8, 4) is 0 Å². The molecule has 19 heavy (non-hydrogen) atoms. The maximum Gasteiger partial charge on any atom is 0.265 e. The van der Waals surface area contributed by atoms with Gasteiger partial charge in [-0.25, -0.2) is 13.8 Å². The Balaban J connectivity index is 1.91. The number of halogens is 2. The maximum atomic E-state index is 12.0. The molecule has 1 atom stereocenters. The van der Waals surface area contributed by atoms with Crippen LogP contribution in [0.4, 0.5) is 8.78 Å². The zero-order valence-electron chi connectivity index (χ0n) is 9.96. The molecule has 0 spiro atoms. The van der Waals surface area contributed by atoms with Crippen molar-refractivity contribution in [3.05, 3.63) is 36.3 Å². The second kappa shape index (κ2) is 5.75. The normalized spacial score (nSPS) is 12.8. The highest BCUT2D eigenvalue weighted by molar-refractivity contribution is 5.78. The minimum Gasteiger partial charge on any atom is -0.385 e. The fraction of sp³-hybridized carbons (Fsp3) is 0.333. The number of alkyl halides is 2. The molecule has 0 bridgehead atoms. The molecule has 2 heterocycles. The third kappa shape index (κ3) is 3.47. The minimum absolute atomic E-state index is 0.0162. The number of hydrogen-bond donors (Lipinski definition) is 2. The molecule has 0 aliphatic rings. The molecule has 0 aliphatic carbocycles. The number of aliphatic hydroxyl groups is 1. The lowest BCUT2D eigenvalue weighted by atomic mass is 10.3. The minimum atomic E-state index is -2.87. The van der Waals surface area contributed by atoms with Crippen LogP contribution < -0.4 is 5.32 Å². The number of carbonyl (C=O) groups excluding carboxylic acids is 1. The summed E-state index contributed by atoms with van der Waals surface area (Å²) in [5.41, 5.74) is 1.24. The van der Waals surface area contributed by atoms with Gasteiger partial charge in [0, 0.05) is 18.9 Å². The van der Waals surface area contributed by atoms with E-state index in [9.17, 15) is 13.6 Å². The molecule has 0 aliphatic heterocycles. The number of fused-ring (bicyclic) bond motifs is 1. The highest BCUT2D eigenvalue weighted by Gasteiger charge is 2.17. The molecule has 0 radical (unpaired) electrons. The number of aromatic nitrogens is 2. The second-order valence-electron chi connectivity index (χ2n) is 4.08. The smallest absolute Gasteiger partial charge is 0.265 e. The van der Waals surface area contributed by atoms with E-state index in [1.54, 1.807) is 22.9 Å². The first-order valence-corrected chi connectivity index (χ1v) is 5.72. The third-order valence-electron chi connectivity index (χ3n) is 2.55. The Hall–Kier alpha value is -2.02. The molecule has 2 rings (SSSR count). The Bertz CT molecular complexity index is 538. The Morgan fingerprint density at radius 2 is 2.26 bits per heavy atom. The molecule has 2 aromatic rings. The summed E-state index contributed by atoms with van der Waals surface area (Å²) in [6, 6.07) is 5.45. The number of nitrogens with zero attached hydrogens (tertiary/aromatic N) is 2. The van der Waals surface area contributed by atoms with Crippen molar-refractivity contribution in [2.24, 2.45) is 0 Å². The summed E-state index contributed by atoms with van der Waals surface area (Å²) < 4.78 is 25.8. The lowest BCUT2D eigenvalue weighted by Crippen LogP contribution is -2.36. The predicted molar refractivity (Wildman–Crippen MR) is 63.9 cm³/mol. The van der Waals surface area contributed by atoms with Gasteiger partial charge in [0.1, 0.15) is 11.8 Å². The molecule has 0 aromatic carbocycles. The van der Waals surface area contributed by atoms with Gasteiger partial charge in [-0.05, 0) is 12.1 Å². The van der Waals surface area contributed by atoms with E-state index in [4.69, 9.17) is 5.11 Å². The van der Waals surface area contributed by atoms with Crippen LogP contribution in [0, 0.1) is 0 Å². The highest BCUT2D eigenvalue weighted by Crippen LogP contribution is 2.05. The Labute approximate surface area is 107 Å². The molecular weight excluding hydrogens is 256 g/mol. The van der Waals surface area contributed by atoms with E-state index in [-0.39, 0.29) is 6.42 Å². The average molecular weight is 269 g/mol. The number of nitrogens with one attached hydrogen (secondary N) is 1. The summed E-state index contributed by atoms with van der Waals surface area (Å²) in [7, 11) is 0. The van der Waals surface area contributed by atoms with Gasteiger partial charge in [0.25, 0.3) is 6.43 Å². The standard InChI is InChI=1S/C12H13F2N3O2/c13-12(14)9(18)6-15-11(19)5-8-7-17-4-2-1-3-10(17)16-8/h1-4,7,9,12,18H,5-6H2,(H,15,19). The maximum absolute atomic E-state index is 12.0. The van der Waals surface area contributed by atoms with Gasteiger partial charge in [-0.1, -0.05) is 6.07 Å². The van der Waals surface area contributed by atoms with Gasteiger partial charge in [0.05, 0.1) is 12.1 Å². The number of pyridine rings is 1. The van der Waals surface area contributed by atoms with Crippen molar-refractivity contribution in [1.82, 2.24) is 14.7 Å². The quantitative estimate of drug-likeness (QED) is 0.836. The van der Waals surface area contributed by atoms with Gasteiger partial charge in [0.15, 0.2) is 0 Å². The van der Waals surface area contributed by atoms with Crippen LogP contribution in [-0.2, 0) is 11.2 Å².